The lowest BCUT2D eigenvalue weighted by Gasteiger charge is -2.33. The highest BCUT2D eigenvalue weighted by molar-refractivity contribution is 6.01. The molecule has 1 fully saturated rings. The molecule has 3 aromatic rings. The molecular formula is C27H28N4O5. The molecule has 0 radical (unpaired) electrons. The van der Waals surface area contributed by atoms with Crippen molar-refractivity contribution in [2.24, 2.45) is 0 Å². The fourth-order valence-corrected chi connectivity index (χ4v) is 3.89. The van der Waals surface area contributed by atoms with Crippen molar-refractivity contribution in [3.05, 3.63) is 78.1 Å². The second-order valence-corrected chi connectivity index (χ2v) is 8.22. The lowest BCUT2D eigenvalue weighted by Crippen LogP contribution is -2.41. The van der Waals surface area contributed by atoms with Crippen molar-refractivity contribution in [2.45, 2.75) is 25.9 Å². The molecule has 1 unspecified atom stereocenters. The maximum Gasteiger partial charge on any atom is 0.335 e. The van der Waals surface area contributed by atoms with E-state index in [1.807, 2.05) is 31.2 Å². The molecule has 1 aliphatic heterocycles. The number of carboxylic acid groups (broad SMARTS) is 1. The zero-order valence-electron chi connectivity index (χ0n) is 20.0. The first kappa shape index (κ1) is 24.7. The van der Waals surface area contributed by atoms with Gasteiger partial charge in [-0.1, -0.05) is 24.3 Å². The van der Waals surface area contributed by atoms with E-state index >= 15 is 0 Å². The van der Waals surface area contributed by atoms with E-state index in [-0.39, 0.29) is 17.6 Å². The van der Waals surface area contributed by atoms with Gasteiger partial charge in [0.2, 0.25) is 5.91 Å². The molecule has 186 valence electrons. The first-order valence-corrected chi connectivity index (χ1v) is 11.8. The van der Waals surface area contributed by atoms with Crippen LogP contribution in [0.5, 0.6) is 11.5 Å². The number of amides is 1. The molecule has 0 aliphatic carbocycles. The average molecular weight is 489 g/mol. The number of aromatic nitrogens is 2. The van der Waals surface area contributed by atoms with Crippen molar-refractivity contribution < 1.29 is 24.2 Å². The number of anilines is 2. The predicted molar refractivity (Wildman–Crippen MR) is 137 cm³/mol. The number of nitrogens with one attached hydrogen (secondary N) is 1. The Bertz CT molecular complexity index is 1230. The number of carbonyl (C=O) groups is 2. The smallest absolute Gasteiger partial charge is 0.335 e. The van der Waals surface area contributed by atoms with E-state index < -0.39 is 5.97 Å². The fraction of sp³-hybridized carbons (Fsp3) is 0.259. The van der Waals surface area contributed by atoms with Crippen LogP contribution < -0.4 is 19.7 Å². The number of ether oxygens (including phenoxy) is 2. The van der Waals surface area contributed by atoms with Gasteiger partial charge in [-0.15, -0.1) is 0 Å². The first-order valence-electron chi connectivity index (χ1n) is 11.8. The number of benzene rings is 2. The predicted octanol–water partition coefficient (Wildman–Crippen LogP) is 4.27. The molecular weight excluding hydrogens is 460 g/mol. The SMILES string of the molecule is CCOc1ccccc1OC1CCCN(c2cncc(NC(=O)C=Cc3ccc(C(=O)O)cc3)n2)C1. The van der Waals surface area contributed by atoms with Crippen molar-refractivity contribution in [1.29, 1.82) is 0 Å². The van der Waals surface area contributed by atoms with E-state index in [1.54, 1.807) is 24.4 Å². The van der Waals surface area contributed by atoms with Gasteiger partial charge in [0.05, 0.1) is 31.1 Å². The standard InChI is InChI=1S/C27H28N4O5/c1-2-35-22-7-3-4-8-23(22)36-21-6-5-15-31(18-21)25-17-28-16-24(29-25)30-26(32)14-11-19-9-12-20(13-10-19)27(33)34/h3-4,7-14,16-17,21H,2,5-6,15,18H2,1H3,(H,33,34)(H,29,30,32). The van der Waals surface area contributed by atoms with Crippen LogP contribution in [0.25, 0.3) is 6.08 Å². The summed E-state index contributed by atoms with van der Waals surface area (Å²) < 4.78 is 11.9. The second kappa shape index (κ2) is 11.8. The van der Waals surface area contributed by atoms with E-state index in [0.717, 1.165) is 30.9 Å². The van der Waals surface area contributed by atoms with Crippen LogP contribution >= 0.6 is 0 Å². The Labute approximate surface area is 209 Å². The zero-order valence-corrected chi connectivity index (χ0v) is 20.0. The molecule has 4 rings (SSSR count). The number of carboxylic acids is 1. The van der Waals surface area contributed by atoms with Gasteiger partial charge in [-0.05, 0) is 55.7 Å². The number of para-hydroxylation sites is 2. The number of aromatic carboxylic acids is 1. The van der Waals surface area contributed by atoms with Crippen molar-refractivity contribution in [2.75, 3.05) is 29.9 Å². The van der Waals surface area contributed by atoms with E-state index in [0.29, 0.717) is 30.4 Å². The third-order valence-corrected chi connectivity index (χ3v) is 5.60. The normalized spacial score (nSPS) is 15.5. The molecule has 0 spiro atoms. The Morgan fingerprint density at radius 1 is 1.14 bits per heavy atom. The molecule has 1 amide bonds. The van der Waals surface area contributed by atoms with Crippen LogP contribution in [0.1, 0.15) is 35.7 Å². The van der Waals surface area contributed by atoms with Gasteiger partial charge in [0, 0.05) is 12.6 Å². The molecule has 1 aromatic heterocycles. The minimum absolute atomic E-state index is 0.0316. The molecule has 9 heteroatoms. The summed E-state index contributed by atoms with van der Waals surface area (Å²) in [7, 11) is 0. The van der Waals surface area contributed by atoms with Crippen molar-refractivity contribution in [1.82, 2.24) is 9.97 Å². The van der Waals surface area contributed by atoms with Gasteiger partial charge in [0.25, 0.3) is 0 Å². The fourth-order valence-electron chi connectivity index (χ4n) is 3.89. The highest BCUT2D eigenvalue weighted by atomic mass is 16.5. The number of hydrogen-bond donors (Lipinski definition) is 2. The Morgan fingerprint density at radius 2 is 1.92 bits per heavy atom. The number of carbonyl (C=O) groups excluding carboxylic acids is 1. The van der Waals surface area contributed by atoms with Gasteiger partial charge in [-0.3, -0.25) is 9.78 Å². The van der Waals surface area contributed by atoms with Crippen LogP contribution in [0.3, 0.4) is 0 Å². The maximum absolute atomic E-state index is 12.4. The summed E-state index contributed by atoms with van der Waals surface area (Å²) in [5.74, 6) is 1.09. The summed E-state index contributed by atoms with van der Waals surface area (Å²) in [6, 6.07) is 13.9. The number of hydrogen-bond acceptors (Lipinski definition) is 7. The van der Waals surface area contributed by atoms with Crippen LogP contribution in [0, 0.1) is 0 Å². The summed E-state index contributed by atoms with van der Waals surface area (Å²) in [4.78, 5) is 34.2. The molecule has 9 nitrogen and oxygen atoms in total. The van der Waals surface area contributed by atoms with Crippen molar-refractivity contribution in [3.63, 3.8) is 0 Å². The van der Waals surface area contributed by atoms with Gasteiger partial charge in [0.15, 0.2) is 17.3 Å². The molecule has 2 aromatic carbocycles. The Morgan fingerprint density at radius 3 is 2.67 bits per heavy atom. The molecule has 1 aliphatic rings. The Balaban J connectivity index is 1.37. The quantitative estimate of drug-likeness (QED) is 0.429. The average Bonchev–Trinajstić information content (AvgIpc) is 2.89. The lowest BCUT2D eigenvalue weighted by atomic mass is 10.1. The van der Waals surface area contributed by atoms with Crippen LogP contribution in [0.15, 0.2) is 67.0 Å². The summed E-state index contributed by atoms with van der Waals surface area (Å²) in [6.45, 7) is 3.96. The van der Waals surface area contributed by atoms with E-state index in [2.05, 4.69) is 20.2 Å². The monoisotopic (exact) mass is 488 g/mol. The van der Waals surface area contributed by atoms with E-state index in [4.69, 9.17) is 14.6 Å². The van der Waals surface area contributed by atoms with Crippen LogP contribution in [-0.2, 0) is 4.79 Å². The molecule has 2 N–H and O–H groups in total. The molecule has 1 saturated heterocycles. The largest absolute Gasteiger partial charge is 0.490 e. The highest BCUT2D eigenvalue weighted by Gasteiger charge is 2.24. The van der Waals surface area contributed by atoms with E-state index in [1.165, 1.54) is 24.4 Å². The van der Waals surface area contributed by atoms with Gasteiger partial charge in [-0.2, -0.15) is 0 Å². The Kier molecular flexibility index (Phi) is 8.12. The third kappa shape index (κ3) is 6.59. The minimum Gasteiger partial charge on any atom is -0.490 e. The van der Waals surface area contributed by atoms with Crippen molar-refractivity contribution in [3.8, 4) is 11.5 Å². The van der Waals surface area contributed by atoms with Gasteiger partial charge >= 0.3 is 5.97 Å². The van der Waals surface area contributed by atoms with Gasteiger partial charge < -0.3 is 24.8 Å². The maximum atomic E-state index is 12.4. The van der Waals surface area contributed by atoms with Crippen LogP contribution in [-0.4, -0.2) is 52.8 Å². The summed E-state index contributed by atoms with van der Waals surface area (Å²) >= 11 is 0. The van der Waals surface area contributed by atoms with Gasteiger partial charge in [0.1, 0.15) is 11.9 Å². The molecule has 36 heavy (non-hydrogen) atoms. The number of piperidine rings is 1. The number of rotatable bonds is 9. The highest BCUT2D eigenvalue weighted by Crippen LogP contribution is 2.30. The van der Waals surface area contributed by atoms with Crippen LogP contribution in [0.4, 0.5) is 11.6 Å². The van der Waals surface area contributed by atoms with E-state index in [9.17, 15) is 9.59 Å². The van der Waals surface area contributed by atoms with Crippen molar-refractivity contribution >= 4 is 29.6 Å². The Hall–Kier alpha value is -4.40. The molecule has 2 heterocycles. The topological polar surface area (TPSA) is 114 Å². The second-order valence-electron chi connectivity index (χ2n) is 8.22. The first-order chi connectivity index (χ1) is 17.5. The lowest BCUT2D eigenvalue weighted by molar-refractivity contribution is -0.111. The third-order valence-electron chi connectivity index (χ3n) is 5.60. The minimum atomic E-state index is -0.997. The molecule has 0 bridgehead atoms. The molecule has 0 saturated carbocycles. The summed E-state index contributed by atoms with van der Waals surface area (Å²) in [5, 5.41) is 11.7. The number of nitrogens with zero attached hydrogens (tertiary/aromatic N) is 3. The summed E-state index contributed by atoms with van der Waals surface area (Å²) in [6.07, 6.45) is 7.95. The molecule has 1 atom stereocenters. The van der Waals surface area contributed by atoms with Crippen LogP contribution in [0.2, 0.25) is 0 Å². The zero-order chi connectivity index (χ0) is 25.3. The van der Waals surface area contributed by atoms with Gasteiger partial charge in [-0.25, -0.2) is 9.78 Å². The summed E-state index contributed by atoms with van der Waals surface area (Å²) in [5.41, 5.74) is 0.896.